The fourth-order valence-electron chi connectivity index (χ4n) is 2.42. The van der Waals surface area contributed by atoms with Crippen molar-refractivity contribution in [1.29, 1.82) is 0 Å². The molecule has 0 N–H and O–H groups in total. The first-order chi connectivity index (χ1) is 9.26. The van der Waals surface area contributed by atoms with E-state index in [-0.39, 0.29) is 11.9 Å². The second kappa shape index (κ2) is 6.57. The fourth-order valence-corrected chi connectivity index (χ4v) is 2.42. The summed E-state index contributed by atoms with van der Waals surface area (Å²) in [6.07, 6.45) is 3.60. The predicted octanol–water partition coefficient (Wildman–Crippen LogP) is 2.85. The highest BCUT2D eigenvalue weighted by Crippen LogP contribution is 2.30. The molecule has 0 bridgehead atoms. The Morgan fingerprint density at radius 2 is 2.00 bits per heavy atom. The molecular formula is C15H20O4. The lowest BCUT2D eigenvalue weighted by atomic mass is 10.0. The lowest BCUT2D eigenvalue weighted by molar-refractivity contribution is 0.0855. The van der Waals surface area contributed by atoms with Crippen LogP contribution in [0, 0.1) is 0 Å². The van der Waals surface area contributed by atoms with Gasteiger partial charge in [-0.2, -0.15) is 0 Å². The molecule has 104 valence electrons. The van der Waals surface area contributed by atoms with Crippen molar-refractivity contribution in [3.8, 4) is 11.5 Å². The molecule has 1 aliphatic heterocycles. The first kappa shape index (κ1) is 13.9. The van der Waals surface area contributed by atoms with Crippen molar-refractivity contribution in [1.82, 2.24) is 0 Å². The molecule has 0 saturated carbocycles. The zero-order valence-electron chi connectivity index (χ0n) is 11.5. The molecule has 4 nitrogen and oxygen atoms in total. The maximum absolute atomic E-state index is 12.3. The number of Topliss-reactive ketones (excluding diaryl/α,β-unsaturated/α-hetero) is 1. The van der Waals surface area contributed by atoms with Crippen LogP contribution in [0.25, 0.3) is 0 Å². The van der Waals surface area contributed by atoms with Crippen LogP contribution in [0.4, 0.5) is 0 Å². The molecule has 0 spiro atoms. The van der Waals surface area contributed by atoms with Gasteiger partial charge in [-0.1, -0.05) is 6.07 Å². The topological polar surface area (TPSA) is 44.8 Å². The molecule has 0 aromatic heterocycles. The first-order valence-corrected chi connectivity index (χ1v) is 6.62. The average Bonchev–Trinajstić information content (AvgIpc) is 2.97. The highest BCUT2D eigenvalue weighted by Gasteiger charge is 2.21. The van der Waals surface area contributed by atoms with Gasteiger partial charge in [-0.15, -0.1) is 0 Å². The van der Waals surface area contributed by atoms with Crippen LogP contribution in [-0.2, 0) is 4.74 Å². The highest BCUT2D eigenvalue weighted by atomic mass is 16.5. The van der Waals surface area contributed by atoms with Gasteiger partial charge in [0.05, 0.1) is 20.3 Å². The van der Waals surface area contributed by atoms with E-state index in [0.29, 0.717) is 23.5 Å². The Hall–Kier alpha value is -1.55. The summed E-state index contributed by atoms with van der Waals surface area (Å²) < 4.78 is 16.0. The van der Waals surface area contributed by atoms with Crippen LogP contribution in [-0.4, -0.2) is 32.7 Å². The molecule has 1 aliphatic rings. The predicted molar refractivity (Wildman–Crippen MR) is 72.1 cm³/mol. The summed E-state index contributed by atoms with van der Waals surface area (Å²) in [6.45, 7) is 0.816. The van der Waals surface area contributed by atoms with Crippen molar-refractivity contribution in [2.45, 2.75) is 31.8 Å². The van der Waals surface area contributed by atoms with Gasteiger partial charge in [0, 0.05) is 13.0 Å². The lowest BCUT2D eigenvalue weighted by Crippen LogP contribution is -2.10. The van der Waals surface area contributed by atoms with Crippen molar-refractivity contribution >= 4 is 5.78 Å². The molecule has 0 amide bonds. The van der Waals surface area contributed by atoms with E-state index < -0.39 is 0 Å². The number of benzene rings is 1. The van der Waals surface area contributed by atoms with Gasteiger partial charge in [0.2, 0.25) is 0 Å². The number of ketones is 1. The Balaban J connectivity index is 2.08. The molecule has 1 unspecified atom stereocenters. The fraction of sp³-hybridized carbons (Fsp3) is 0.533. The smallest absolute Gasteiger partial charge is 0.170 e. The molecule has 19 heavy (non-hydrogen) atoms. The van der Waals surface area contributed by atoms with E-state index >= 15 is 0 Å². The minimum Gasteiger partial charge on any atom is -0.496 e. The minimum absolute atomic E-state index is 0.0461. The number of carbonyl (C=O) groups is 1. The summed E-state index contributed by atoms with van der Waals surface area (Å²) in [5.41, 5.74) is 0.533. The van der Waals surface area contributed by atoms with Crippen molar-refractivity contribution in [2.75, 3.05) is 20.8 Å². The molecule has 1 aromatic carbocycles. The Bertz CT molecular complexity index is 414. The van der Waals surface area contributed by atoms with Crippen LogP contribution in [0.15, 0.2) is 18.2 Å². The van der Waals surface area contributed by atoms with E-state index in [0.717, 1.165) is 25.9 Å². The van der Waals surface area contributed by atoms with E-state index in [9.17, 15) is 4.79 Å². The van der Waals surface area contributed by atoms with Crippen molar-refractivity contribution in [3.05, 3.63) is 23.8 Å². The summed E-state index contributed by atoms with van der Waals surface area (Å²) in [6, 6.07) is 5.37. The zero-order chi connectivity index (χ0) is 13.7. The van der Waals surface area contributed by atoms with Crippen LogP contribution < -0.4 is 9.47 Å². The molecule has 0 aliphatic carbocycles. The van der Waals surface area contributed by atoms with E-state index in [4.69, 9.17) is 14.2 Å². The minimum atomic E-state index is 0.0461. The molecular weight excluding hydrogens is 244 g/mol. The normalized spacial score (nSPS) is 18.3. The summed E-state index contributed by atoms with van der Waals surface area (Å²) in [4.78, 5) is 12.3. The molecule has 0 radical (unpaired) electrons. The maximum atomic E-state index is 12.3. The van der Waals surface area contributed by atoms with Crippen LogP contribution in [0.1, 0.15) is 36.0 Å². The third-order valence-corrected chi connectivity index (χ3v) is 3.42. The quantitative estimate of drug-likeness (QED) is 0.741. The summed E-state index contributed by atoms with van der Waals surface area (Å²) in [5, 5.41) is 0. The van der Waals surface area contributed by atoms with Gasteiger partial charge < -0.3 is 14.2 Å². The summed E-state index contributed by atoms with van der Waals surface area (Å²) >= 11 is 0. The van der Waals surface area contributed by atoms with Gasteiger partial charge in [0.25, 0.3) is 0 Å². The zero-order valence-corrected chi connectivity index (χ0v) is 11.5. The standard InChI is InChI=1S/C15H20O4/c1-17-13-6-3-7-14(18-2)15(13)12(16)9-8-11-5-4-10-19-11/h3,6-7,11H,4-5,8-10H2,1-2H3. The number of ether oxygens (including phenoxy) is 3. The van der Waals surface area contributed by atoms with Crippen LogP contribution in [0.2, 0.25) is 0 Å². The molecule has 1 fully saturated rings. The largest absolute Gasteiger partial charge is 0.496 e. The second-order valence-electron chi connectivity index (χ2n) is 4.63. The van der Waals surface area contributed by atoms with Gasteiger partial charge in [-0.25, -0.2) is 0 Å². The average molecular weight is 264 g/mol. The van der Waals surface area contributed by atoms with E-state index in [2.05, 4.69) is 0 Å². The number of carbonyl (C=O) groups excluding carboxylic acids is 1. The number of rotatable bonds is 6. The third kappa shape index (κ3) is 3.26. The molecule has 4 heteroatoms. The molecule has 1 saturated heterocycles. The van der Waals surface area contributed by atoms with Gasteiger partial charge in [0.15, 0.2) is 5.78 Å². The van der Waals surface area contributed by atoms with Crippen LogP contribution in [0.5, 0.6) is 11.5 Å². The Kier molecular flexibility index (Phi) is 4.80. The highest BCUT2D eigenvalue weighted by molar-refractivity contribution is 6.01. The third-order valence-electron chi connectivity index (χ3n) is 3.42. The van der Waals surface area contributed by atoms with Crippen molar-refractivity contribution < 1.29 is 19.0 Å². The first-order valence-electron chi connectivity index (χ1n) is 6.62. The van der Waals surface area contributed by atoms with Crippen LogP contribution >= 0.6 is 0 Å². The molecule has 1 aromatic rings. The second-order valence-corrected chi connectivity index (χ2v) is 4.63. The van der Waals surface area contributed by atoms with Crippen molar-refractivity contribution in [3.63, 3.8) is 0 Å². The number of hydrogen-bond acceptors (Lipinski definition) is 4. The van der Waals surface area contributed by atoms with Crippen LogP contribution in [0.3, 0.4) is 0 Å². The maximum Gasteiger partial charge on any atom is 0.170 e. The van der Waals surface area contributed by atoms with Gasteiger partial charge >= 0.3 is 0 Å². The SMILES string of the molecule is COc1cccc(OC)c1C(=O)CCC1CCCO1. The summed E-state index contributed by atoms with van der Waals surface area (Å²) in [5.74, 6) is 1.18. The Labute approximate surface area is 113 Å². The molecule has 1 heterocycles. The number of methoxy groups -OCH3 is 2. The van der Waals surface area contributed by atoms with E-state index in [1.165, 1.54) is 0 Å². The van der Waals surface area contributed by atoms with Gasteiger partial charge in [0.1, 0.15) is 17.1 Å². The summed E-state index contributed by atoms with van der Waals surface area (Å²) in [7, 11) is 3.12. The van der Waals surface area contributed by atoms with E-state index in [1.807, 2.05) is 6.07 Å². The lowest BCUT2D eigenvalue weighted by Gasteiger charge is -2.13. The monoisotopic (exact) mass is 264 g/mol. The van der Waals surface area contributed by atoms with Crippen molar-refractivity contribution in [2.24, 2.45) is 0 Å². The number of hydrogen-bond donors (Lipinski definition) is 0. The molecule has 2 rings (SSSR count). The molecule has 1 atom stereocenters. The Morgan fingerprint density at radius 1 is 1.32 bits per heavy atom. The van der Waals surface area contributed by atoms with Gasteiger partial charge in [-0.05, 0) is 31.4 Å². The van der Waals surface area contributed by atoms with Gasteiger partial charge in [-0.3, -0.25) is 4.79 Å². The Morgan fingerprint density at radius 3 is 2.53 bits per heavy atom. The van der Waals surface area contributed by atoms with E-state index in [1.54, 1.807) is 26.4 Å².